The molecule has 0 amide bonds. The van der Waals surface area contributed by atoms with Crippen LogP contribution in [0.25, 0.3) is 0 Å². The van der Waals surface area contributed by atoms with Gasteiger partial charge in [0.05, 0.1) is 0 Å². The molecular formula is C13H23N3S. The normalized spacial score (nSPS) is 16.8. The van der Waals surface area contributed by atoms with Crippen molar-refractivity contribution < 1.29 is 0 Å². The first-order chi connectivity index (χ1) is 8.07. The van der Waals surface area contributed by atoms with Gasteiger partial charge >= 0.3 is 0 Å². The molecule has 17 heavy (non-hydrogen) atoms. The van der Waals surface area contributed by atoms with E-state index in [1.807, 2.05) is 24.2 Å². The summed E-state index contributed by atoms with van der Waals surface area (Å²) in [7, 11) is 2.15. The zero-order valence-electron chi connectivity index (χ0n) is 11.1. The average molecular weight is 253 g/mol. The van der Waals surface area contributed by atoms with Crippen LogP contribution in [0.2, 0.25) is 0 Å². The predicted octanol–water partition coefficient (Wildman–Crippen LogP) is 2.15. The molecule has 0 radical (unpaired) electrons. The van der Waals surface area contributed by atoms with Crippen molar-refractivity contribution in [2.45, 2.75) is 32.0 Å². The zero-order chi connectivity index (χ0) is 12.8. The van der Waals surface area contributed by atoms with E-state index >= 15 is 0 Å². The molecule has 1 rings (SSSR count). The minimum absolute atomic E-state index is 0.103. The number of rotatable bonds is 6. The molecule has 0 aliphatic heterocycles. The van der Waals surface area contributed by atoms with Gasteiger partial charge in [-0.2, -0.15) is 11.8 Å². The highest BCUT2D eigenvalue weighted by atomic mass is 32.2. The molecule has 0 fully saturated rings. The minimum Gasteiger partial charge on any atom is -0.326 e. The van der Waals surface area contributed by atoms with Crippen molar-refractivity contribution in [1.29, 1.82) is 0 Å². The summed E-state index contributed by atoms with van der Waals surface area (Å²) in [6, 6.07) is 4.97. The number of likely N-dealkylation sites (N-methyl/N-ethyl adjacent to an activating group) is 1. The smallest absolute Gasteiger partial charge is 0.0497 e. The van der Waals surface area contributed by atoms with Crippen molar-refractivity contribution in [1.82, 2.24) is 9.88 Å². The molecule has 0 saturated heterocycles. The van der Waals surface area contributed by atoms with Crippen molar-refractivity contribution in [3.05, 3.63) is 30.1 Å². The Morgan fingerprint density at radius 1 is 1.35 bits per heavy atom. The lowest BCUT2D eigenvalue weighted by Gasteiger charge is -2.35. The van der Waals surface area contributed by atoms with Crippen molar-refractivity contribution >= 4 is 11.8 Å². The lowest BCUT2D eigenvalue weighted by Crippen LogP contribution is -2.42. The lowest BCUT2D eigenvalue weighted by molar-refractivity contribution is 0.178. The van der Waals surface area contributed by atoms with Gasteiger partial charge in [-0.05, 0) is 44.8 Å². The maximum atomic E-state index is 6.13. The van der Waals surface area contributed by atoms with Crippen LogP contribution in [0, 0.1) is 0 Å². The molecule has 2 N–H and O–H groups in total. The first-order valence-corrected chi connectivity index (χ1v) is 7.33. The monoisotopic (exact) mass is 253 g/mol. The second kappa shape index (κ2) is 6.99. The number of pyridine rings is 1. The van der Waals surface area contributed by atoms with Crippen LogP contribution in [-0.4, -0.2) is 41.0 Å². The van der Waals surface area contributed by atoms with Crippen LogP contribution in [0.5, 0.6) is 0 Å². The Kier molecular flexibility index (Phi) is 5.95. The SMILES string of the molecule is CSCC(C)N(C)C(c1ccncc1)C(C)N. The van der Waals surface area contributed by atoms with Crippen LogP contribution < -0.4 is 5.73 Å². The highest BCUT2D eigenvalue weighted by molar-refractivity contribution is 7.98. The van der Waals surface area contributed by atoms with E-state index in [1.165, 1.54) is 5.56 Å². The van der Waals surface area contributed by atoms with Crippen LogP contribution in [0.4, 0.5) is 0 Å². The summed E-state index contributed by atoms with van der Waals surface area (Å²) in [5.74, 6) is 1.12. The molecule has 0 spiro atoms. The van der Waals surface area contributed by atoms with E-state index in [0.29, 0.717) is 6.04 Å². The molecule has 1 aromatic rings. The number of hydrogen-bond acceptors (Lipinski definition) is 4. The van der Waals surface area contributed by atoms with Crippen LogP contribution in [-0.2, 0) is 0 Å². The minimum atomic E-state index is 0.103. The topological polar surface area (TPSA) is 42.2 Å². The fourth-order valence-corrected chi connectivity index (χ4v) is 2.82. The van der Waals surface area contributed by atoms with Gasteiger partial charge in [0.2, 0.25) is 0 Å². The Balaban J connectivity index is 2.86. The summed E-state index contributed by atoms with van der Waals surface area (Å²) in [6.45, 7) is 4.31. The third kappa shape index (κ3) is 3.98. The highest BCUT2D eigenvalue weighted by Gasteiger charge is 2.24. The van der Waals surface area contributed by atoms with Crippen LogP contribution >= 0.6 is 11.8 Å². The molecular weight excluding hydrogens is 230 g/mol. The molecule has 4 heteroatoms. The third-order valence-electron chi connectivity index (χ3n) is 3.09. The van der Waals surface area contributed by atoms with Crippen molar-refractivity contribution in [3.63, 3.8) is 0 Å². The Bertz CT molecular complexity index is 316. The van der Waals surface area contributed by atoms with Crippen molar-refractivity contribution in [2.75, 3.05) is 19.1 Å². The van der Waals surface area contributed by atoms with Gasteiger partial charge in [-0.15, -0.1) is 0 Å². The second-order valence-corrected chi connectivity index (χ2v) is 5.47. The molecule has 1 aromatic heterocycles. The van der Waals surface area contributed by atoms with Gasteiger partial charge in [-0.25, -0.2) is 0 Å². The summed E-state index contributed by atoms with van der Waals surface area (Å²) < 4.78 is 0. The fourth-order valence-electron chi connectivity index (χ4n) is 2.10. The zero-order valence-corrected chi connectivity index (χ0v) is 11.9. The lowest BCUT2D eigenvalue weighted by atomic mass is 9.99. The summed E-state index contributed by atoms with van der Waals surface area (Å²) >= 11 is 1.87. The van der Waals surface area contributed by atoms with Crippen molar-refractivity contribution in [3.8, 4) is 0 Å². The average Bonchev–Trinajstić information content (AvgIpc) is 2.30. The number of nitrogens with zero attached hydrogens (tertiary/aromatic N) is 2. The molecule has 0 aliphatic rings. The molecule has 96 valence electrons. The number of thioether (sulfide) groups is 1. The predicted molar refractivity (Wildman–Crippen MR) is 76.2 cm³/mol. The second-order valence-electron chi connectivity index (χ2n) is 4.55. The molecule has 0 aliphatic carbocycles. The highest BCUT2D eigenvalue weighted by Crippen LogP contribution is 2.24. The van der Waals surface area contributed by atoms with Gasteiger partial charge in [0.15, 0.2) is 0 Å². The van der Waals surface area contributed by atoms with Gasteiger partial charge in [-0.3, -0.25) is 9.88 Å². The maximum Gasteiger partial charge on any atom is 0.0497 e. The molecule has 1 heterocycles. The molecule has 0 aromatic carbocycles. The molecule has 3 atom stereocenters. The van der Waals surface area contributed by atoms with Crippen LogP contribution in [0.15, 0.2) is 24.5 Å². The third-order valence-corrected chi connectivity index (χ3v) is 3.90. The summed E-state index contributed by atoms with van der Waals surface area (Å²) in [6.07, 6.45) is 5.80. The van der Waals surface area contributed by atoms with E-state index in [1.54, 1.807) is 0 Å². The Morgan fingerprint density at radius 2 is 1.94 bits per heavy atom. The standard InChI is InChI=1S/C13H23N3S/c1-10(9-17-4)16(3)13(11(2)14)12-5-7-15-8-6-12/h5-8,10-11,13H,9,14H2,1-4H3. The molecule has 0 saturated carbocycles. The first-order valence-electron chi connectivity index (χ1n) is 5.94. The van der Waals surface area contributed by atoms with E-state index in [2.05, 4.69) is 49.2 Å². The Labute approximate surface area is 109 Å². The summed E-state index contributed by atoms with van der Waals surface area (Å²) in [4.78, 5) is 6.42. The Hall–Kier alpha value is -0.580. The Morgan fingerprint density at radius 3 is 2.41 bits per heavy atom. The number of hydrogen-bond donors (Lipinski definition) is 1. The van der Waals surface area contributed by atoms with Gasteiger partial charge in [-0.1, -0.05) is 0 Å². The van der Waals surface area contributed by atoms with E-state index < -0.39 is 0 Å². The molecule has 3 nitrogen and oxygen atoms in total. The summed E-state index contributed by atoms with van der Waals surface area (Å²) in [5, 5.41) is 0. The van der Waals surface area contributed by atoms with Crippen LogP contribution in [0.1, 0.15) is 25.5 Å². The van der Waals surface area contributed by atoms with E-state index in [0.717, 1.165) is 5.75 Å². The van der Waals surface area contributed by atoms with Crippen molar-refractivity contribution in [2.24, 2.45) is 5.73 Å². The maximum absolute atomic E-state index is 6.13. The van der Waals surface area contributed by atoms with Gasteiger partial charge in [0.25, 0.3) is 0 Å². The van der Waals surface area contributed by atoms with E-state index in [-0.39, 0.29) is 12.1 Å². The largest absolute Gasteiger partial charge is 0.326 e. The fraction of sp³-hybridized carbons (Fsp3) is 0.615. The quantitative estimate of drug-likeness (QED) is 0.843. The van der Waals surface area contributed by atoms with Gasteiger partial charge in [0, 0.05) is 36.3 Å². The van der Waals surface area contributed by atoms with Gasteiger partial charge < -0.3 is 5.73 Å². The van der Waals surface area contributed by atoms with E-state index in [9.17, 15) is 0 Å². The van der Waals surface area contributed by atoms with E-state index in [4.69, 9.17) is 5.73 Å². The first kappa shape index (κ1) is 14.5. The molecule has 0 bridgehead atoms. The summed E-state index contributed by atoms with van der Waals surface area (Å²) in [5.41, 5.74) is 7.38. The number of aromatic nitrogens is 1. The van der Waals surface area contributed by atoms with Gasteiger partial charge in [0.1, 0.15) is 0 Å². The number of nitrogens with two attached hydrogens (primary N) is 1. The molecule has 3 unspecified atom stereocenters. The van der Waals surface area contributed by atoms with Crippen LogP contribution in [0.3, 0.4) is 0 Å².